The Bertz CT molecular complexity index is 315. The minimum absolute atomic E-state index is 0.514. The van der Waals surface area contributed by atoms with Gasteiger partial charge in [-0.1, -0.05) is 53.5 Å². The van der Waals surface area contributed by atoms with E-state index in [-0.39, 0.29) is 0 Å². The number of hydrogen-bond acceptors (Lipinski definition) is 0. The van der Waals surface area contributed by atoms with Crippen LogP contribution in [0.1, 0.15) is 48.2 Å². The van der Waals surface area contributed by atoms with Gasteiger partial charge in [0.05, 0.1) is 0 Å². The Morgan fingerprint density at radius 1 is 1.13 bits per heavy atom. The second kappa shape index (κ2) is 5.69. The second-order valence-corrected chi connectivity index (χ2v) is 5.90. The maximum absolute atomic E-state index is 3.79. The lowest BCUT2D eigenvalue weighted by Gasteiger charge is -2.14. The highest BCUT2D eigenvalue weighted by Gasteiger charge is 2.10. The summed E-state index contributed by atoms with van der Waals surface area (Å²) in [5.41, 5.74) is 4.20. The molecule has 1 heteroatoms. The monoisotopic (exact) mass is 268 g/mol. The maximum atomic E-state index is 3.79. The van der Waals surface area contributed by atoms with Crippen LogP contribution in [0.5, 0.6) is 0 Å². The molecule has 0 saturated carbocycles. The number of rotatable bonds is 4. The Kier molecular flexibility index (Phi) is 4.85. The molecule has 0 saturated heterocycles. The van der Waals surface area contributed by atoms with Crippen molar-refractivity contribution in [3.05, 3.63) is 34.9 Å². The lowest BCUT2D eigenvalue weighted by atomic mass is 9.98. The van der Waals surface area contributed by atoms with Gasteiger partial charge in [0.2, 0.25) is 0 Å². The fourth-order valence-electron chi connectivity index (χ4n) is 1.81. The summed E-state index contributed by atoms with van der Waals surface area (Å²) < 4.78 is 0. The molecule has 0 amide bonds. The molecule has 1 aromatic rings. The van der Waals surface area contributed by atoms with E-state index in [1.165, 1.54) is 29.5 Å². The molecule has 0 heterocycles. The van der Waals surface area contributed by atoms with Crippen LogP contribution in [0.2, 0.25) is 0 Å². The van der Waals surface area contributed by atoms with Gasteiger partial charge < -0.3 is 0 Å². The number of benzene rings is 1. The number of alkyl halides is 1. The van der Waals surface area contributed by atoms with Crippen molar-refractivity contribution in [2.45, 2.75) is 45.4 Å². The zero-order chi connectivity index (χ0) is 11.4. The molecule has 0 aromatic heterocycles. The Morgan fingerprint density at radius 3 is 2.33 bits per heavy atom. The third-order valence-electron chi connectivity index (χ3n) is 2.76. The van der Waals surface area contributed by atoms with Crippen molar-refractivity contribution in [3.8, 4) is 0 Å². The molecule has 0 fully saturated rings. The molecule has 84 valence electrons. The molecule has 1 atom stereocenters. The molecule has 1 rings (SSSR count). The van der Waals surface area contributed by atoms with E-state index in [0.717, 1.165) is 5.92 Å². The predicted molar refractivity (Wildman–Crippen MR) is 71.7 cm³/mol. The second-order valence-electron chi connectivity index (χ2n) is 4.80. The Labute approximate surface area is 102 Å². The first-order chi connectivity index (χ1) is 7.00. The van der Waals surface area contributed by atoms with E-state index in [1.54, 1.807) is 0 Å². The Morgan fingerprint density at radius 2 is 1.80 bits per heavy atom. The molecule has 0 N–H and O–H groups in total. The third kappa shape index (κ3) is 3.98. The molecule has 0 aliphatic heterocycles. The zero-order valence-corrected chi connectivity index (χ0v) is 11.8. The largest absolute Gasteiger partial charge is 0.0839 e. The molecule has 1 unspecified atom stereocenters. The maximum Gasteiger partial charge on any atom is 0.0398 e. The van der Waals surface area contributed by atoms with E-state index in [9.17, 15) is 0 Å². The zero-order valence-electron chi connectivity index (χ0n) is 10.2. The van der Waals surface area contributed by atoms with E-state index in [0.29, 0.717) is 4.83 Å². The number of hydrogen-bond donors (Lipinski definition) is 0. The molecule has 15 heavy (non-hydrogen) atoms. The van der Waals surface area contributed by atoms with Crippen molar-refractivity contribution in [1.29, 1.82) is 0 Å². The molecule has 0 aliphatic rings. The third-order valence-corrected chi connectivity index (χ3v) is 3.71. The first-order valence-corrected chi connectivity index (χ1v) is 6.63. The lowest BCUT2D eigenvalue weighted by Crippen LogP contribution is -1.97. The summed E-state index contributed by atoms with van der Waals surface area (Å²) in [5.74, 6) is 0.788. The van der Waals surface area contributed by atoms with E-state index in [1.807, 2.05) is 0 Å². The van der Waals surface area contributed by atoms with Gasteiger partial charge in [0.1, 0.15) is 0 Å². The highest BCUT2D eigenvalue weighted by molar-refractivity contribution is 9.09. The molecule has 0 aliphatic carbocycles. The quantitative estimate of drug-likeness (QED) is 0.661. The van der Waals surface area contributed by atoms with Gasteiger partial charge in [-0.2, -0.15) is 0 Å². The summed E-state index contributed by atoms with van der Waals surface area (Å²) in [6.07, 6.45) is 2.50. The summed E-state index contributed by atoms with van der Waals surface area (Å²) >= 11 is 3.79. The van der Waals surface area contributed by atoms with Crippen molar-refractivity contribution in [2.24, 2.45) is 5.92 Å². The van der Waals surface area contributed by atoms with Crippen LogP contribution >= 0.6 is 15.9 Å². The normalized spacial score (nSPS) is 13.2. The lowest BCUT2D eigenvalue weighted by molar-refractivity contribution is 0.553. The van der Waals surface area contributed by atoms with Gasteiger partial charge in [-0.05, 0) is 43.7 Å². The van der Waals surface area contributed by atoms with Crippen LogP contribution in [-0.4, -0.2) is 0 Å². The smallest absolute Gasteiger partial charge is 0.0398 e. The van der Waals surface area contributed by atoms with Crippen molar-refractivity contribution in [2.75, 3.05) is 0 Å². The summed E-state index contributed by atoms with van der Waals surface area (Å²) in [6.45, 7) is 8.91. The van der Waals surface area contributed by atoms with Gasteiger partial charge in [0.25, 0.3) is 0 Å². The standard InChI is InChI=1S/C14H21Br/c1-10(2)5-8-14(15)13-7-6-11(3)9-12(13)4/h6-7,9-10,14H,5,8H2,1-4H3. The van der Waals surface area contributed by atoms with E-state index >= 15 is 0 Å². The topological polar surface area (TPSA) is 0 Å². The summed E-state index contributed by atoms with van der Waals surface area (Å²) in [6, 6.07) is 6.72. The highest BCUT2D eigenvalue weighted by Crippen LogP contribution is 2.31. The fraction of sp³-hybridized carbons (Fsp3) is 0.571. The highest BCUT2D eigenvalue weighted by atomic mass is 79.9. The van der Waals surface area contributed by atoms with Gasteiger partial charge >= 0.3 is 0 Å². The van der Waals surface area contributed by atoms with Crippen LogP contribution in [0, 0.1) is 19.8 Å². The van der Waals surface area contributed by atoms with E-state index < -0.39 is 0 Å². The van der Waals surface area contributed by atoms with Crippen LogP contribution in [0.4, 0.5) is 0 Å². The molecule has 1 aromatic carbocycles. The first-order valence-electron chi connectivity index (χ1n) is 5.72. The van der Waals surface area contributed by atoms with Crippen LogP contribution in [0.15, 0.2) is 18.2 Å². The van der Waals surface area contributed by atoms with Crippen molar-refractivity contribution in [1.82, 2.24) is 0 Å². The van der Waals surface area contributed by atoms with Gasteiger partial charge in [-0.3, -0.25) is 0 Å². The summed E-state index contributed by atoms with van der Waals surface area (Å²) in [5, 5.41) is 0. The van der Waals surface area contributed by atoms with Crippen LogP contribution in [0.25, 0.3) is 0 Å². The van der Waals surface area contributed by atoms with Gasteiger partial charge in [-0.15, -0.1) is 0 Å². The van der Waals surface area contributed by atoms with E-state index in [2.05, 4.69) is 61.8 Å². The Hall–Kier alpha value is -0.300. The average molecular weight is 269 g/mol. The van der Waals surface area contributed by atoms with Gasteiger partial charge in [-0.25, -0.2) is 0 Å². The van der Waals surface area contributed by atoms with Crippen molar-refractivity contribution >= 4 is 15.9 Å². The Balaban J connectivity index is 2.69. The fourth-order valence-corrected chi connectivity index (χ4v) is 2.59. The first kappa shape index (κ1) is 12.8. The van der Waals surface area contributed by atoms with Crippen LogP contribution in [-0.2, 0) is 0 Å². The van der Waals surface area contributed by atoms with Gasteiger partial charge in [0.15, 0.2) is 0 Å². The summed E-state index contributed by atoms with van der Waals surface area (Å²) in [4.78, 5) is 0.514. The average Bonchev–Trinajstić information content (AvgIpc) is 2.14. The molecule has 0 nitrogen and oxygen atoms in total. The molecule has 0 radical (unpaired) electrons. The molecule has 0 spiro atoms. The van der Waals surface area contributed by atoms with Gasteiger partial charge in [0, 0.05) is 4.83 Å². The SMILES string of the molecule is Cc1ccc(C(Br)CCC(C)C)c(C)c1. The summed E-state index contributed by atoms with van der Waals surface area (Å²) in [7, 11) is 0. The molecule has 0 bridgehead atoms. The van der Waals surface area contributed by atoms with Crippen molar-refractivity contribution in [3.63, 3.8) is 0 Å². The van der Waals surface area contributed by atoms with Crippen LogP contribution in [0.3, 0.4) is 0 Å². The number of aryl methyl sites for hydroxylation is 2. The number of halogens is 1. The molecular formula is C14H21Br. The molecular weight excluding hydrogens is 248 g/mol. The minimum atomic E-state index is 0.514. The van der Waals surface area contributed by atoms with Crippen molar-refractivity contribution < 1.29 is 0 Å². The minimum Gasteiger partial charge on any atom is -0.0839 e. The van der Waals surface area contributed by atoms with Crippen LogP contribution < -0.4 is 0 Å². The predicted octanol–water partition coefficient (Wildman–Crippen LogP) is 5.18. The van der Waals surface area contributed by atoms with E-state index in [4.69, 9.17) is 0 Å².